The number of carbonyl (C=O) groups is 1. The molecular formula is C13H18Cl2N2O. The molecule has 18 heavy (non-hydrogen) atoms. The number of hydrogen-bond donors (Lipinski definition) is 2. The van der Waals surface area contributed by atoms with Gasteiger partial charge in [-0.3, -0.25) is 4.79 Å². The van der Waals surface area contributed by atoms with E-state index < -0.39 is 0 Å². The van der Waals surface area contributed by atoms with Gasteiger partial charge in [-0.1, -0.05) is 24.6 Å². The molecule has 1 saturated heterocycles. The molecule has 0 bridgehead atoms. The Morgan fingerprint density at radius 3 is 2.72 bits per heavy atom. The summed E-state index contributed by atoms with van der Waals surface area (Å²) in [7, 11) is 0. The molecule has 0 spiro atoms. The molecule has 5 heteroatoms. The highest BCUT2D eigenvalue weighted by Crippen LogP contribution is 2.24. The Bertz CT molecular complexity index is 433. The molecule has 1 atom stereocenters. The number of halogens is 2. The van der Waals surface area contributed by atoms with E-state index in [4.69, 9.17) is 11.6 Å². The maximum Gasteiger partial charge on any atom is 0.227 e. The average molecular weight is 289 g/mol. The molecule has 0 aliphatic carbocycles. The molecule has 2 N–H and O–H groups in total. The number of aryl methyl sites for hydroxylation is 1. The minimum Gasteiger partial charge on any atom is -0.325 e. The summed E-state index contributed by atoms with van der Waals surface area (Å²) in [5, 5.41) is 6.66. The van der Waals surface area contributed by atoms with Crippen LogP contribution < -0.4 is 10.6 Å². The first kappa shape index (κ1) is 15.3. The predicted octanol–water partition coefficient (Wildman–Crippen LogP) is 2.86. The molecule has 100 valence electrons. The molecule has 1 unspecified atom stereocenters. The van der Waals surface area contributed by atoms with Crippen LogP contribution in [0.4, 0.5) is 5.69 Å². The van der Waals surface area contributed by atoms with Crippen molar-refractivity contribution in [2.24, 2.45) is 11.8 Å². The van der Waals surface area contributed by atoms with Crippen LogP contribution >= 0.6 is 24.0 Å². The zero-order valence-corrected chi connectivity index (χ0v) is 12.1. The molecule has 0 radical (unpaired) electrons. The number of benzene rings is 1. The van der Waals surface area contributed by atoms with Gasteiger partial charge in [0, 0.05) is 5.92 Å². The molecule has 0 aromatic heterocycles. The minimum absolute atomic E-state index is 0. The number of nitrogens with one attached hydrogen (secondary N) is 2. The SMILES string of the molecule is Cc1ccc(Cl)c(NC(=O)C(C)C2CNC2)c1.Cl. The molecule has 1 aromatic rings. The zero-order chi connectivity index (χ0) is 12.4. The van der Waals surface area contributed by atoms with Gasteiger partial charge in [-0.05, 0) is 43.6 Å². The average Bonchev–Trinajstić information content (AvgIpc) is 2.21. The van der Waals surface area contributed by atoms with Crippen LogP contribution in [-0.4, -0.2) is 19.0 Å². The monoisotopic (exact) mass is 288 g/mol. The van der Waals surface area contributed by atoms with Crippen LogP contribution in [0.15, 0.2) is 18.2 Å². The smallest absolute Gasteiger partial charge is 0.227 e. The van der Waals surface area contributed by atoms with Crippen LogP contribution in [0, 0.1) is 18.8 Å². The summed E-state index contributed by atoms with van der Waals surface area (Å²) in [5.74, 6) is 0.510. The third-order valence-electron chi connectivity index (χ3n) is 3.31. The fraction of sp³-hybridized carbons (Fsp3) is 0.462. The van der Waals surface area contributed by atoms with Crippen molar-refractivity contribution in [2.45, 2.75) is 13.8 Å². The number of amides is 1. The van der Waals surface area contributed by atoms with Gasteiger partial charge in [0.1, 0.15) is 0 Å². The number of hydrogen-bond acceptors (Lipinski definition) is 2. The molecule has 1 aliphatic heterocycles. The van der Waals surface area contributed by atoms with E-state index in [1.807, 2.05) is 32.0 Å². The first-order chi connectivity index (χ1) is 8.08. The predicted molar refractivity (Wildman–Crippen MR) is 77.6 cm³/mol. The Morgan fingerprint density at radius 1 is 1.50 bits per heavy atom. The lowest BCUT2D eigenvalue weighted by Crippen LogP contribution is -2.48. The highest BCUT2D eigenvalue weighted by molar-refractivity contribution is 6.33. The maximum atomic E-state index is 12.0. The highest BCUT2D eigenvalue weighted by Gasteiger charge is 2.28. The summed E-state index contributed by atoms with van der Waals surface area (Å²) in [6, 6.07) is 5.63. The van der Waals surface area contributed by atoms with Crippen LogP contribution in [0.2, 0.25) is 5.02 Å². The van der Waals surface area contributed by atoms with E-state index in [1.54, 1.807) is 0 Å². The van der Waals surface area contributed by atoms with Gasteiger partial charge in [0.05, 0.1) is 10.7 Å². The quantitative estimate of drug-likeness (QED) is 0.898. The van der Waals surface area contributed by atoms with E-state index in [0.29, 0.717) is 16.6 Å². The van der Waals surface area contributed by atoms with Gasteiger partial charge in [0.15, 0.2) is 0 Å². The van der Waals surface area contributed by atoms with Crippen molar-refractivity contribution in [1.29, 1.82) is 0 Å². The fourth-order valence-corrected chi connectivity index (χ4v) is 2.02. The first-order valence-electron chi connectivity index (χ1n) is 5.85. The molecular weight excluding hydrogens is 271 g/mol. The second-order valence-electron chi connectivity index (χ2n) is 4.68. The Hall–Kier alpha value is -0.770. The van der Waals surface area contributed by atoms with E-state index in [-0.39, 0.29) is 24.2 Å². The van der Waals surface area contributed by atoms with Crippen LogP contribution in [-0.2, 0) is 4.79 Å². The van der Waals surface area contributed by atoms with E-state index in [0.717, 1.165) is 18.7 Å². The summed E-state index contributed by atoms with van der Waals surface area (Å²) in [5.41, 5.74) is 1.79. The van der Waals surface area contributed by atoms with Crippen LogP contribution in [0.1, 0.15) is 12.5 Å². The van der Waals surface area contributed by atoms with E-state index in [2.05, 4.69) is 10.6 Å². The van der Waals surface area contributed by atoms with Crippen molar-refractivity contribution < 1.29 is 4.79 Å². The third-order valence-corrected chi connectivity index (χ3v) is 3.64. The molecule has 1 aromatic carbocycles. The standard InChI is InChI=1S/C13H17ClN2O.ClH/c1-8-3-4-11(14)12(5-8)16-13(17)9(2)10-6-15-7-10;/h3-5,9-10,15H,6-7H2,1-2H3,(H,16,17);1H. The summed E-state index contributed by atoms with van der Waals surface area (Å²) in [6.07, 6.45) is 0. The number of rotatable bonds is 3. The Kier molecular flexibility index (Phi) is 5.45. The topological polar surface area (TPSA) is 41.1 Å². The summed E-state index contributed by atoms with van der Waals surface area (Å²) in [4.78, 5) is 12.0. The first-order valence-corrected chi connectivity index (χ1v) is 6.23. The minimum atomic E-state index is 0. The molecule has 0 saturated carbocycles. The maximum absolute atomic E-state index is 12.0. The van der Waals surface area contributed by atoms with Crippen LogP contribution in [0.5, 0.6) is 0 Å². The lowest BCUT2D eigenvalue weighted by atomic mass is 9.88. The normalized spacial score (nSPS) is 16.4. The Balaban J connectivity index is 0.00000162. The molecule has 1 fully saturated rings. The lowest BCUT2D eigenvalue weighted by molar-refractivity contribution is -0.121. The van der Waals surface area contributed by atoms with Crippen molar-refractivity contribution in [1.82, 2.24) is 5.32 Å². The van der Waals surface area contributed by atoms with Crippen molar-refractivity contribution in [3.8, 4) is 0 Å². The number of carbonyl (C=O) groups excluding carboxylic acids is 1. The van der Waals surface area contributed by atoms with Crippen molar-refractivity contribution in [3.63, 3.8) is 0 Å². The lowest BCUT2D eigenvalue weighted by Gasteiger charge is -2.31. The molecule has 3 nitrogen and oxygen atoms in total. The second kappa shape index (κ2) is 6.41. The Morgan fingerprint density at radius 2 is 2.17 bits per heavy atom. The van der Waals surface area contributed by atoms with Crippen molar-refractivity contribution in [3.05, 3.63) is 28.8 Å². The second-order valence-corrected chi connectivity index (χ2v) is 5.09. The van der Waals surface area contributed by atoms with Gasteiger partial charge in [0.2, 0.25) is 5.91 Å². The molecule has 1 amide bonds. The number of anilines is 1. The van der Waals surface area contributed by atoms with Gasteiger partial charge in [-0.2, -0.15) is 0 Å². The van der Waals surface area contributed by atoms with Crippen molar-refractivity contribution >= 4 is 35.6 Å². The van der Waals surface area contributed by atoms with Crippen LogP contribution in [0.3, 0.4) is 0 Å². The van der Waals surface area contributed by atoms with Gasteiger partial charge in [0.25, 0.3) is 0 Å². The van der Waals surface area contributed by atoms with Crippen LogP contribution in [0.25, 0.3) is 0 Å². The molecule has 2 rings (SSSR count). The zero-order valence-electron chi connectivity index (χ0n) is 10.5. The largest absolute Gasteiger partial charge is 0.325 e. The Labute approximate surface area is 119 Å². The van der Waals surface area contributed by atoms with Gasteiger partial charge in [-0.15, -0.1) is 12.4 Å². The summed E-state index contributed by atoms with van der Waals surface area (Å²) in [6.45, 7) is 5.79. The van der Waals surface area contributed by atoms with Gasteiger partial charge < -0.3 is 10.6 Å². The summed E-state index contributed by atoms with van der Waals surface area (Å²) >= 11 is 6.05. The fourth-order valence-electron chi connectivity index (χ4n) is 1.86. The van der Waals surface area contributed by atoms with E-state index >= 15 is 0 Å². The third kappa shape index (κ3) is 3.37. The van der Waals surface area contributed by atoms with Crippen molar-refractivity contribution in [2.75, 3.05) is 18.4 Å². The molecule has 1 aliphatic rings. The summed E-state index contributed by atoms with van der Waals surface area (Å²) < 4.78 is 0. The highest BCUT2D eigenvalue weighted by atomic mass is 35.5. The van der Waals surface area contributed by atoms with E-state index in [1.165, 1.54) is 0 Å². The van der Waals surface area contributed by atoms with E-state index in [9.17, 15) is 4.79 Å². The molecule has 1 heterocycles. The van der Waals surface area contributed by atoms with Gasteiger partial charge in [-0.25, -0.2) is 0 Å². The van der Waals surface area contributed by atoms with Gasteiger partial charge >= 0.3 is 0 Å².